The van der Waals surface area contributed by atoms with Crippen LogP contribution in [0.3, 0.4) is 0 Å². The Hall–Kier alpha value is -2.17. The van der Waals surface area contributed by atoms with E-state index >= 15 is 0 Å². The summed E-state index contributed by atoms with van der Waals surface area (Å²) in [4.78, 5) is 21.5. The lowest BCUT2D eigenvalue weighted by Crippen LogP contribution is -2.26. The molecule has 5 nitrogen and oxygen atoms in total. The van der Waals surface area contributed by atoms with E-state index in [4.69, 9.17) is 0 Å². The SMILES string of the molecule is CC(=O)NCCCN(C)c1ncnc2ccccc12. The van der Waals surface area contributed by atoms with Crippen molar-refractivity contribution in [2.24, 2.45) is 0 Å². The number of hydrogen-bond donors (Lipinski definition) is 1. The second-order valence-corrected chi connectivity index (χ2v) is 4.47. The molecule has 0 fully saturated rings. The minimum absolute atomic E-state index is 0.00939. The van der Waals surface area contributed by atoms with Crippen molar-refractivity contribution in [3.8, 4) is 0 Å². The van der Waals surface area contributed by atoms with Gasteiger partial charge in [0.25, 0.3) is 0 Å². The smallest absolute Gasteiger partial charge is 0.216 e. The van der Waals surface area contributed by atoms with Crippen LogP contribution in [0.5, 0.6) is 0 Å². The van der Waals surface area contributed by atoms with E-state index in [0.29, 0.717) is 6.54 Å². The molecule has 0 saturated carbocycles. The minimum atomic E-state index is 0.00939. The van der Waals surface area contributed by atoms with Crippen LogP contribution >= 0.6 is 0 Å². The maximum Gasteiger partial charge on any atom is 0.216 e. The summed E-state index contributed by atoms with van der Waals surface area (Å²) in [5, 5.41) is 3.84. The highest BCUT2D eigenvalue weighted by molar-refractivity contribution is 5.89. The molecule has 0 aliphatic carbocycles. The molecule has 5 heteroatoms. The predicted octanol–water partition coefficient (Wildman–Crippen LogP) is 1.59. The molecular weight excluding hydrogens is 240 g/mol. The molecule has 2 rings (SSSR count). The van der Waals surface area contributed by atoms with Crippen LogP contribution in [0.4, 0.5) is 5.82 Å². The van der Waals surface area contributed by atoms with Gasteiger partial charge in [-0.15, -0.1) is 0 Å². The van der Waals surface area contributed by atoms with Crippen LogP contribution in [0.25, 0.3) is 10.9 Å². The summed E-state index contributed by atoms with van der Waals surface area (Å²) in [5.74, 6) is 0.934. The first-order valence-electron chi connectivity index (χ1n) is 6.34. The highest BCUT2D eigenvalue weighted by Crippen LogP contribution is 2.21. The van der Waals surface area contributed by atoms with E-state index in [0.717, 1.165) is 29.7 Å². The Morgan fingerprint density at radius 1 is 1.32 bits per heavy atom. The van der Waals surface area contributed by atoms with E-state index in [-0.39, 0.29) is 5.91 Å². The quantitative estimate of drug-likeness (QED) is 0.827. The molecule has 1 aromatic carbocycles. The number of hydrogen-bond acceptors (Lipinski definition) is 4. The molecule has 0 aliphatic rings. The molecule has 100 valence electrons. The van der Waals surface area contributed by atoms with Crippen molar-refractivity contribution in [1.29, 1.82) is 0 Å². The number of amides is 1. The van der Waals surface area contributed by atoms with Crippen LogP contribution in [0.1, 0.15) is 13.3 Å². The van der Waals surface area contributed by atoms with Crippen LogP contribution in [0.2, 0.25) is 0 Å². The number of carbonyl (C=O) groups excluding carboxylic acids is 1. The van der Waals surface area contributed by atoms with Crippen molar-refractivity contribution < 1.29 is 4.79 Å². The molecule has 0 unspecified atom stereocenters. The van der Waals surface area contributed by atoms with Crippen molar-refractivity contribution in [2.45, 2.75) is 13.3 Å². The van der Waals surface area contributed by atoms with E-state index in [1.807, 2.05) is 31.3 Å². The molecule has 0 saturated heterocycles. The first kappa shape index (κ1) is 13.3. The average molecular weight is 258 g/mol. The number of aromatic nitrogens is 2. The Bertz CT molecular complexity index is 565. The lowest BCUT2D eigenvalue weighted by atomic mass is 10.2. The van der Waals surface area contributed by atoms with E-state index in [1.54, 1.807) is 6.33 Å². The van der Waals surface area contributed by atoms with Gasteiger partial charge in [-0.1, -0.05) is 12.1 Å². The van der Waals surface area contributed by atoms with Crippen molar-refractivity contribution >= 4 is 22.6 Å². The zero-order valence-electron chi connectivity index (χ0n) is 11.3. The maximum atomic E-state index is 10.8. The van der Waals surface area contributed by atoms with Crippen molar-refractivity contribution in [3.05, 3.63) is 30.6 Å². The lowest BCUT2D eigenvalue weighted by Gasteiger charge is -2.19. The summed E-state index contributed by atoms with van der Waals surface area (Å²) in [7, 11) is 2.00. The second kappa shape index (κ2) is 6.13. The minimum Gasteiger partial charge on any atom is -0.359 e. The van der Waals surface area contributed by atoms with Crippen LogP contribution < -0.4 is 10.2 Å². The van der Waals surface area contributed by atoms with Crippen molar-refractivity contribution in [3.63, 3.8) is 0 Å². The van der Waals surface area contributed by atoms with Gasteiger partial charge in [-0.25, -0.2) is 9.97 Å². The third kappa shape index (κ3) is 3.40. The van der Waals surface area contributed by atoms with Crippen LogP contribution in [0.15, 0.2) is 30.6 Å². The zero-order valence-corrected chi connectivity index (χ0v) is 11.3. The van der Waals surface area contributed by atoms with Gasteiger partial charge < -0.3 is 10.2 Å². The van der Waals surface area contributed by atoms with E-state index < -0.39 is 0 Å². The van der Waals surface area contributed by atoms with Crippen LogP contribution in [-0.2, 0) is 4.79 Å². The molecule has 0 aliphatic heterocycles. The molecular formula is C14H18N4O. The van der Waals surface area contributed by atoms with Gasteiger partial charge in [-0.3, -0.25) is 4.79 Å². The van der Waals surface area contributed by atoms with Gasteiger partial charge in [-0.2, -0.15) is 0 Å². The third-order valence-electron chi connectivity index (χ3n) is 2.93. The molecule has 19 heavy (non-hydrogen) atoms. The highest BCUT2D eigenvalue weighted by Gasteiger charge is 2.07. The van der Waals surface area contributed by atoms with Gasteiger partial charge in [0.15, 0.2) is 0 Å². The van der Waals surface area contributed by atoms with Gasteiger partial charge in [0, 0.05) is 32.4 Å². The Morgan fingerprint density at radius 2 is 2.11 bits per heavy atom. The fraction of sp³-hybridized carbons (Fsp3) is 0.357. The Labute approximate surface area is 112 Å². The Balaban J connectivity index is 2.05. The predicted molar refractivity (Wildman–Crippen MR) is 76.1 cm³/mol. The normalized spacial score (nSPS) is 10.4. The summed E-state index contributed by atoms with van der Waals surface area (Å²) >= 11 is 0. The molecule has 0 atom stereocenters. The van der Waals surface area contributed by atoms with Gasteiger partial charge in [0.1, 0.15) is 12.1 Å². The molecule has 0 spiro atoms. The number of carbonyl (C=O) groups is 1. The molecule has 1 N–H and O–H groups in total. The van der Waals surface area contributed by atoms with Crippen LogP contribution in [-0.4, -0.2) is 36.0 Å². The number of para-hydroxylation sites is 1. The molecule has 0 radical (unpaired) electrons. The number of fused-ring (bicyclic) bond motifs is 1. The lowest BCUT2D eigenvalue weighted by molar-refractivity contribution is -0.118. The fourth-order valence-electron chi connectivity index (χ4n) is 1.98. The molecule has 0 bridgehead atoms. The number of nitrogens with one attached hydrogen (secondary N) is 1. The summed E-state index contributed by atoms with van der Waals surface area (Å²) < 4.78 is 0. The van der Waals surface area contributed by atoms with Gasteiger partial charge in [-0.05, 0) is 18.6 Å². The topological polar surface area (TPSA) is 58.1 Å². The summed E-state index contributed by atoms with van der Waals surface area (Å²) in [6.07, 6.45) is 2.47. The molecule has 2 aromatic rings. The van der Waals surface area contributed by atoms with Crippen LogP contribution in [0, 0.1) is 0 Å². The van der Waals surface area contributed by atoms with Crippen molar-refractivity contribution in [2.75, 3.05) is 25.0 Å². The fourth-order valence-corrected chi connectivity index (χ4v) is 1.98. The Kier molecular flexibility index (Phi) is 4.28. The number of rotatable bonds is 5. The zero-order chi connectivity index (χ0) is 13.7. The largest absolute Gasteiger partial charge is 0.359 e. The molecule has 1 heterocycles. The number of benzene rings is 1. The van der Waals surface area contributed by atoms with Gasteiger partial charge in [0.05, 0.1) is 5.52 Å². The molecule has 1 amide bonds. The van der Waals surface area contributed by atoms with Gasteiger partial charge >= 0.3 is 0 Å². The second-order valence-electron chi connectivity index (χ2n) is 4.47. The average Bonchev–Trinajstić information content (AvgIpc) is 2.42. The standard InChI is InChI=1S/C14H18N4O/c1-11(19)15-8-5-9-18(2)14-12-6-3-4-7-13(12)16-10-17-14/h3-4,6-7,10H,5,8-9H2,1-2H3,(H,15,19). The van der Waals surface area contributed by atoms with Crippen molar-refractivity contribution in [1.82, 2.24) is 15.3 Å². The highest BCUT2D eigenvalue weighted by atomic mass is 16.1. The monoisotopic (exact) mass is 258 g/mol. The third-order valence-corrected chi connectivity index (χ3v) is 2.93. The summed E-state index contributed by atoms with van der Waals surface area (Å²) in [6, 6.07) is 7.96. The summed E-state index contributed by atoms with van der Waals surface area (Å²) in [5.41, 5.74) is 0.946. The van der Waals surface area contributed by atoms with E-state index in [1.165, 1.54) is 6.92 Å². The molecule has 1 aromatic heterocycles. The number of nitrogens with zero attached hydrogens (tertiary/aromatic N) is 3. The van der Waals surface area contributed by atoms with E-state index in [2.05, 4.69) is 20.2 Å². The van der Waals surface area contributed by atoms with E-state index in [9.17, 15) is 4.79 Å². The summed E-state index contributed by atoms with van der Waals surface area (Å²) in [6.45, 7) is 3.05. The number of anilines is 1. The first-order chi connectivity index (χ1) is 9.18. The Morgan fingerprint density at radius 3 is 2.89 bits per heavy atom. The van der Waals surface area contributed by atoms with Gasteiger partial charge in [0.2, 0.25) is 5.91 Å². The first-order valence-corrected chi connectivity index (χ1v) is 6.34. The maximum absolute atomic E-state index is 10.8.